The molecule has 0 saturated carbocycles. The highest BCUT2D eigenvalue weighted by Gasteiger charge is 2.16. The van der Waals surface area contributed by atoms with Gasteiger partial charge in [-0.05, 0) is 50.2 Å². The SMILES string of the molecule is O=C(NCCNC(=O)c1ccccc1Cl)c1ccc(CN2CCCC2)o1. The lowest BCUT2D eigenvalue weighted by Crippen LogP contribution is -2.34. The molecule has 0 bridgehead atoms. The molecule has 1 fully saturated rings. The number of benzene rings is 1. The molecule has 1 aromatic carbocycles. The van der Waals surface area contributed by atoms with Gasteiger partial charge in [-0.1, -0.05) is 23.7 Å². The largest absolute Gasteiger partial charge is 0.455 e. The molecule has 2 aromatic rings. The van der Waals surface area contributed by atoms with Gasteiger partial charge in [-0.2, -0.15) is 0 Å². The van der Waals surface area contributed by atoms with Crippen molar-refractivity contribution in [2.75, 3.05) is 26.2 Å². The standard InChI is InChI=1S/C19H22ClN3O3/c20-16-6-2-1-5-15(16)18(24)21-9-10-22-19(25)17-8-7-14(26-17)13-23-11-3-4-12-23/h1-2,5-8H,3-4,9-13H2,(H,21,24)(H,22,25). The Hall–Kier alpha value is -2.31. The van der Waals surface area contributed by atoms with Crippen LogP contribution in [0.25, 0.3) is 0 Å². The van der Waals surface area contributed by atoms with Crippen molar-refractivity contribution < 1.29 is 14.0 Å². The molecule has 2 heterocycles. The van der Waals surface area contributed by atoms with Crippen LogP contribution in [0.15, 0.2) is 40.8 Å². The molecule has 1 aliphatic heterocycles. The third kappa shape index (κ3) is 4.86. The molecular weight excluding hydrogens is 354 g/mol. The predicted molar refractivity (Wildman–Crippen MR) is 99.3 cm³/mol. The molecule has 138 valence electrons. The summed E-state index contributed by atoms with van der Waals surface area (Å²) in [4.78, 5) is 26.4. The van der Waals surface area contributed by atoms with Gasteiger partial charge in [0, 0.05) is 13.1 Å². The van der Waals surface area contributed by atoms with Crippen LogP contribution < -0.4 is 10.6 Å². The van der Waals surface area contributed by atoms with E-state index >= 15 is 0 Å². The van der Waals surface area contributed by atoms with Crippen LogP contribution >= 0.6 is 11.6 Å². The highest BCUT2D eigenvalue weighted by Crippen LogP contribution is 2.15. The van der Waals surface area contributed by atoms with Crippen LogP contribution in [-0.2, 0) is 6.54 Å². The Bertz CT molecular complexity index is 769. The number of hydrogen-bond donors (Lipinski definition) is 2. The van der Waals surface area contributed by atoms with E-state index in [1.165, 1.54) is 12.8 Å². The van der Waals surface area contributed by atoms with Crippen LogP contribution in [-0.4, -0.2) is 42.9 Å². The molecule has 0 unspecified atom stereocenters. The second-order valence-electron chi connectivity index (χ2n) is 6.24. The number of furan rings is 1. The second kappa shape index (κ2) is 8.87. The van der Waals surface area contributed by atoms with Crippen LogP contribution in [0.2, 0.25) is 5.02 Å². The lowest BCUT2D eigenvalue weighted by Gasteiger charge is -2.11. The Labute approximate surface area is 157 Å². The van der Waals surface area contributed by atoms with Gasteiger partial charge in [0.1, 0.15) is 5.76 Å². The lowest BCUT2D eigenvalue weighted by atomic mass is 10.2. The fraction of sp³-hybridized carbons (Fsp3) is 0.368. The zero-order valence-electron chi connectivity index (χ0n) is 14.5. The summed E-state index contributed by atoms with van der Waals surface area (Å²) in [5.74, 6) is 0.529. The molecule has 1 aliphatic rings. The highest BCUT2D eigenvalue weighted by atomic mass is 35.5. The van der Waals surface area contributed by atoms with Crippen molar-refractivity contribution in [2.45, 2.75) is 19.4 Å². The number of hydrogen-bond acceptors (Lipinski definition) is 4. The van der Waals surface area contributed by atoms with Crippen molar-refractivity contribution in [2.24, 2.45) is 0 Å². The molecule has 0 spiro atoms. The Morgan fingerprint density at radius 3 is 2.42 bits per heavy atom. The number of nitrogens with zero attached hydrogens (tertiary/aromatic N) is 1. The van der Waals surface area contributed by atoms with Crippen molar-refractivity contribution in [3.63, 3.8) is 0 Å². The van der Waals surface area contributed by atoms with Crippen molar-refractivity contribution in [3.05, 3.63) is 58.5 Å². The van der Waals surface area contributed by atoms with E-state index in [1.807, 2.05) is 6.07 Å². The zero-order valence-corrected chi connectivity index (χ0v) is 15.2. The molecular formula is C19H22ClN3O3. The number of carbonyl (C=O) groups excluding carboxylic acids is 2. The van der Waals surface area contributed by atoms with E-state index in [-0.39, 0.29) is 17.6 Å². The smallest absolute Gasteiger partial charge is 0.287 e. The summed E-state index contributed by atoms with van der Waals surface area (Å²) in [6.45, 7) is 3.50. The van der Waals surface area contributed by atoms with Gasteiger partial charge < -0.3 is 15.1 Å². The molecule has 0 atom stereocenters. The van der Waals surface area contributed by atoms with E-state index in [9.17, 15) is 9.59 Å². The third-order valence-corrected chi connectivity index (χ3v) is 4.61. The first-order valence-corrected chi connectivity index (χ1v) is 9.13. The average molecular weight is 376 g/mol. The number of halogens is 1. The second-order valence-corrected chi connectivity index (χ2v) is 6.65. The van der Waals surface area contributed by atoms with Gasteiger partial charge in [-0.3, -0.25) is 14.5 Å². The van der Waals surface area contributed by atoms with Crippen LogP contribution in [0.1, 0.15) is 39.5 Å². The van der Waals surface area contributed by atoms with E-state index in [1.54, 1.807) is 30.3 Å². The first-order valence-electron chi connectivity index (χ1n) is 8.75. The minimum absolute atomic E-state index is 0.268. The van der Waals surface area contributed by atoms with Crippen molar-refractivity contribution in [1.82, 2.24) is 15.5 Å². The Morgan fingerprint density at radius 2 is 1.69 bits per heavy atom. The lowest BCUT2D eigenvalue weighted by molar-refractivity contribution is 0.0908. The number of amides is 2. The third-order valence-electron chi connectivity index (χ3n) is 4.28. The topological polar surface area (TPSA) is 74.6 Å². The first-order chi connectivity index (χ1) is 12.6. The summed E-state index contributed by atoms with van der Waals surface area (Å²) < 4.78 is 5.61. The fourth-order valence-electron chi connectivity index (χ4n) is 2.93. The average Bonchev–Trinajstić information content (AvgIpc) is 3.31. The number of nitrogens with one attached hydrogen (secondary N) is 2. The van der Waals surface area contributed by atoms with E-state index in [0.29, 0.717) is 23.7 Å². The van der Waals surface area contributed by atoms with E-state index in [0.717, 1.165) is 25.4 Å². The highest BCUT2D eigenvalue weighted by molar-refractivity contribution is 6.33. The van der Waals surface area contributed by atoms with Gasteiger partial charge in [0.15, 0.2) is 5.76 Å². The molecule has 2 N–H and O–H groups in total. The molecule has 26 heavy (non-hydrogen) atoms. The molecule has 1 saturated heterocycles. The quantitative estimate of drug-likeness (QED) is 0.730. The number of likely N-dealkylation sites (tertiary alicyclic amines) is 1. The molecule has 3 rings (SSSR count). The first kappa shape index (κ1) is 18.5. The monoisotopic (exact) mass is 375 g/mol. The van der Waals surface area contributed by atoms with E-state index in [2.05, 4.69) is 15.5 Å². The van der Waals surface area contributed by atoms with Crippen LogP contribution in [0.4, 0.5) is 0 Å². The van der Waals surface area contributed by atoms with Gasteiger partial charge in [0.05, 0.1) is 17.1 Å². The molecule has 2 amide bonds. The van der Waals surface area contributed by atoms with E-state index in [4.69, 9.17) is 16.0 Å². The maximum atomic E-state index is 12.1. The van der Waals surface area contributed by atoms with Gasteiger partial charge in [-0.15, -0.1) is 0 Å². The maximum absolute atomic E-state index is 12.1. The van der Waals surface area contributed by atoms with Crippen LogP contribution in [0.3, 0.4) is 0 Å². The summed E-state index contributed by atoms with van der Waals surface area (Å²) in [7, 11) is 0. The van der Waals surface area contributed by atoms with Gasteiger partial charge in [-0.25, -0.2) is 0 Å². The summed E-state index contributed by atoms with van der Waals surface area (Å²) >= 11 is 5.98. The Kier molecular flexibility index (Phi) is 6.30. The van der Waals surface area contributed by atoms with Gasteiger partial charge in [0.2, 0.25) is 0 Å². The molecule has 0 aliphatic carbocycles. The van der Waals surface area contributed by atoms with Gasteiger partial charge in [0.25, 0.3) is 11.8 Å². The summed E-state index contributed by atoms with van der Waals surface area (Å²) in [5, 5.41) is 5.86. The van der Waals surface area contributed by atoms with Gasteiger partial charge >= 0.3 is 0 Å². The molecule has 1 aromatic heterocycles. The summed E-state index contributed by atoms with van der Waals surface area (Å²) in [6.07, 6.45) is 2.43. The predicted octanol–water partition coefficient (Wildman–Crippen LogP) is 2.69. The van der Waals surface area contributed by atoms with E-state index < -0.39 is 0 Å². The fourth-order valence-corrected chi connectivity index (χ4v) is 3.15. The summed E-state index contributed by atoms with van der Waals surface area (Å²) in [5.41, 5.74) is 0.415. The molecule has 6 nitrogen and oxygen atoms in total. The number of carbonyl (C=O) groups is 2. The minimum Gasteiger partial charge on any atom is -0.455 e. The zero-order chi connectivity index (χ0) is 18.4. The van der Waals surface area contributed by atoms with Crippen LogP contribution in [0.5, 0.6) is 0 Å². The van der Waals surface area contributed by atoms with Crippen molar-refractivity contribution >= 4 is 23.4 Å². The number of rotatable bonds is 7. The summed E-state index contributed by atoms with van der Waals surface area (Å²) in [6, 6.07) is 10.4. The Morgan fingerprint density at radius 1 is 1.00 bits per heavy atom. The van der Waals surface area contributed by atoms with Crippen molar-refractivity contribution in [3.8, 4) is 0 Å². The maximum Gasteiger partial charge on any atom is 0.287 e. The molecule has 0 radical (unpaired) electrons. The normalized spacial score (nSPS) is 14.3. The molecule has 7 heteroatoms. The Balaban J connectivity index is 1.41. The van der Waals surface area contributed by atoms with Crippen LogP contribution in [0, 0.1) is 0 Å². The van der Waals surface area contributed by atoms with Crippen molar-refractivity contribution in [1.29, 1.82) is 0 Å². The minimum atomic E-state index is -0.287.